The Labute approximate surface area is 164 Å². The average Bonchev–Trinajstić information content (AvgIpc) is 3.07. The van der Waals surface area contributed by atoms with Crippen molar-refractivity contribution in [3.63, 3.8) is 0 Å². The number of nitrogens with one attached hydrogen (secondary N) is 1. The number of anilines is 1. The van der Waals surface area contributed by atoms with E-state index in [9.17, 15) is 21.6 Å². The molecule has 1 heterocycles. The number of sulfonamides is 2. The fourth-order valence-corrected chi connectivity index (χ4v) is 4.53. The molecule has 3 rings (SSSR count). The van der Waals surface area contributed by atoms with E-state index >= 15 is 0 Å². The largest absolute Gasteiger partial charge is 0.312 e. The minimum Gasteiger partial charge on any atom is -0.312 e. The van der Waals surface area contributed by atoms with Crippen LogP contribution in [0, 0.1) is 0 Å². The van der Waals surface area contributed by atoms with E-state index < -0.39 is 20.0 Å². The lowest BCUT2D eigenvalue weighted by molar-refractivity contribution is -0.117. The van der Waals surface area contributed by atoms with E-state index in [-0.39, 0.29) is 22.2 Å². The SMILES string of the molecule is NS(=O)(=O)c1ccc(CCNS(=O)(=O)c2ccc(N3CCCC3=O)cc2)cc1. The number of nitrogens with two attached hydrogens (primary N) is 1. The highest BCUT2D eigenvalue weighted by molar-refractivity contribution is 7.89. The highest BCUT2D eigenvalue weighted by Gasteiger charge is 2.22. The molecule has 150 valence electrons. The van der Waals surface area contributed by atoms with Crippen LogP contribution in [0.5, 0.6) is 0 Å². The summed E-state index contributed by atoms with van der Waals surface area (Å²) in [5, 5.41) is 5.05. The third kappa shape index (κ3) is 4.76. The maximum absolute atomic E-state index is 12.4. The van der Waals surface area contributed by atoms with Gasteiger partial charge >= 0.3 is 0 Å². The van der Waals surface area contributed by atoms with Gasteiger partial charge in [-0.25, -0.2) is 26.7 Å². The van der Waals surface area contributed by atoms with Gasteiger partial charge in [-0.05, 0) is 54.8 Å². The molecule has 10 heteroatoms. The predicted molar refractivity (Wildman–Crippen MR) is 105 cm³/mol. The average molecular weight is 424 g/mol. The van der Waals surface area contributed by atoms with E-state index in [2.05, 4.69) is 4.72 Å². The van der Waals surface area contributed by atoms with Gasteiger partial charge in [0.25, 0.3) is 0 Å². The second kappa shape index (κ2) is 8.00. The summed E-state index contributed by atoms with van der Waals surface area (Å²) in [6, 6.07) is 12.2. The first-order valence-corrected chi connectivity index (χ1v) is 11.7. The first-order valence-electron chi connectivity index (χ1n) is 8.69. The highest BCUT2D eigenvalue weighted by atomic mass is 32.2. The van der Waals surface area contributed by atoms with Crippen LogP contribution in [0.1, 0.15) is 18.4 Å². The monoisotopic (exact) mass is 423 g/mol. The predicted octanol–water partition coefficient (Wildman–Crippen LogP) is 0.982. The first-order chi connectivity index (χ1) is 13.2. The van der Waals surface area contributed by atoms with Crippen LogP contribution in [0.25, 0.3) is 0 Å². The number of carbonyl (C=O) groups is 1. The zero-order valence-electron chi connectivity index (χ0n) is 15.0. The van der Waals surface area contributed by atoms with Crippen LogP contribution >= 0.6 is 0 Å². The molecule has 8 nitrogen and oxygen atoms in total. The van der Waals surface area contributed by atoms with Crippen molar-refractivity contribution in [3.8, 4) is 0 Å². The molecule has 0 atom stereocenters. The van der Waals surface area contributed by atoms with Gasteiger partial charge in [0.05, 0.1) is 9.79 Å². The van der Waals surface area contributed by atoms with Crippen LogP contribution in [0.2, 0.25) is 0 Å². The second-order valence-corrected chi connectivity index (χ2v) is 9.81. The van der Waals surface area contributed by atoms with Gasteiger partial charge in [0.2, 0.25) is 26.0 Å². The Kier molecular flexibility index (Phi) is 5.84. The molecular formula is C18H21N3O5S2. The number of primary sulfonamides is 1. The van der Waals surface area contributed by atoms with E-state index in [4.69, 9.17) is 5.14 Å². The summed E-state index contributed by atoms with van der Waals surface area (Å²) in [5.41, 5.74) is 1.47. The molecule has 1 saturated heterocycles. The van der Waals surface area contributed by atoms with Crippen molar-refractivity contribution in [1.29, 1.82) is 0 Å². The molecule has 2 aromatic rings. The maximum atomic E-state index is 12.4. The lowest BCUT2D eigenvalue weighted by Gasteiger charge is -2.16. The van der Waals surface area contributed by atoms with Crippen LogP contribution in [-0.4, -0.2) is 35.8 Å². The van der Waals surface area contributed by atoms with Crippen LogP contribution in [0.3, 0.4) is 0 Å². The molecule has 0 bridgehead atoms. The Morgan fingerprint density at radius 2 is 1.54 bits per heavy atom. The summed E-state index contributed by atoms with van der Waals surface area (Å²) in [6.07, 6.45) is 1.71. The standard InChI is InChI=1S/C18H21N3O5S2/c19-27(23,24)16-7-3-14(4-8-16)11-12-20-28(25,26)17-9-5-15(6-10-17)21-13-1-2-18(21)22/h3-10,20H,1-2,11-13H2,(H2,19,23,24). The van der Waals surface area contributed by atoms with Gasteiger partial charge in [-0.15, -0.1) is 0 Å². The minimum absolute atomic E-state index is 0.00778. The normalized spacial score (nSPS) is 15.2. The van der Waals surface area contributed by atoms with Crippen LogP contribution in [0.4, 0.5) is 5.69 Å². The van der Waals surface area contributed by atoms with E-state index in [1.165, 1.54) is 24.3 Å². The molecule has 0 saturated carbocycles. The summed E-state index contributed by atoms with van der Waals surface area (Å²) < 4.78 is 49.8. The van der Waals surface area contributed by atoms with Crippen molar-refractivity contribution in [2.24, 2.45) is 5.14 Å². The van der Waals surface area contributed by atoms with Crippen molar-refractivity contribution in [2.45, 2.75) is 29.1 Å². The molecule has 3 N–H and O–H groups in total. The molecule has 2 aromatic carbocycles. The number of benzene rings is 2. The second-order valence-electron chi connectivity index (χ2n) is 6.48. The van der Waals surface area contributed by atoms with Gasteiger partial charge in [0.1, 0.15) is 0 Å². The van der Waals surface area contributed by atoms with Gasteiger partial charge < -0.3 is 4.90 Å². The fourth-order valence-electron chi connectivity index (χ4n) is 2.99. The quantitative estimate of drug-likeness (QED) is 0.686. The molecular weight excluding hydrogens is 402 g/mol. The molecule has 1 fully saturated rings. The Morgan fingerprint density at radius 3 is 2.07 bits per heavy atom. The number of hydrogen-bond donors (Lipinski definition) is 2. The first kappa shape index (κ1) is 20.5. The molecule has 0 unspecified atom stereocenters. The molecule has 0 aromatic heterocycles. The number of rotatable bonds is 7. The number of amides is 1. The minimum atomic E-state index is -3.75. The van der Waals surface area contributed by atoms with E-state index in [1.54, 1.807) is 29.2 Å². The lowest BCUT2D eigenvalue weighted by Crippen LogP contribution is -2.26. The molecule has 0 aliphatic carbocycles. The van der Waals surface area contributed by atoms with Crippen LogP contribution < -0.4 is 14.8 Å². The van der Waals surface area contributed by atoms with E-state index in [0.717, 1.165) is 12.0 Å². The van der Waals surface area contributed by atoms with Crippen molar-refractivity contribution in [2.75, 3.05) is 18.0 Å². The van der Waals surface area contributed by atoms with Gasteiger partial charge in [-0.1, -0.05) is 12.1 Å². The molecule has 0 spiro atoms. The molecule has 1 amide bonds. The van der Waals surface area contributed by atoms with Crippen LogP contribution in [0.15, 0.2) is 58.3 Å². The van der Waals surface area contributed by atoms with E-state index in [0.29, 0.717) is 25.1 Å². The zero-order valence-corrected chi connectivity index (χ0v) is 16.7. The van der Waals surface area contributed by atoms with Gasteiger partial charge in [-0.3, -0.25) is 4.79 Å². The van der Waals surface area contributed by atoms with Gasteiger partial charge in [0, 0.05) is 25.2 Å². The Morgan fingerprint density at radius 1 is 0.929 bits per heavy atom. The lowest BCUT2D eigenvalue weighted by atomic mass is 10.2. The zero-order chi connectivity index (χ0) is 20.4. The molecule has 1 aliphatic heterocycles. The smallest absolute Gasteiger partial charge is 0.240 e. The highest BCUT2D eigenvalue weighted by Crippen LogP contribution is 2.23. The number of hydrogen-bond acceptors (Lipinski definition) is 5. The van der Waals surface area contributed by atoms with E-state index in [1.807, 2.05) is 0 Å². The summed E-state index contributed by atoms with van der Waals surface area (Å²) in [4.78, 5) is 13.5. The van der Waals surface area contributed by atoms with Crippen LogP contribution in [-0.2, 0) is 31.3 Å². The van der Waals surface area contributed by atoms with Gasteiger partial charge in [0.15, 0.2) is 0 Å². The van der Waals surface area contributed by atoms with Crippen molar-refractivity contribution < 1.29 is 21.6 Å². The number of carbonyl (C=O) groups excluding carboxylic acids is 1. The van der Waals surface area contributed by atoms with Crippen molar-refractivity contribution in [1.82, 2.24) is 4.72 Å². The Balaban J connectivity index is 1.60. The maximum Gasteiger partial charge on any atom is 0.240 e. The summed E-state index contributed by atoms with van der Waals surface area (Å²) in [6.45, 7) is 0.802. The summed E-state index contributed by atoms with van der Waals surface area (Å²) in [5.74, 6) is 0.0437. The Bertz CT molecular complexity index is 1060. The van der Waals surface area contributed by atoms with Gasteiger partial charge in [-0.2, -0.15) is 0 Å². The Hall–Kier alpha value is -2.27. The summed E-state index contributed by atoms with van der Waals surface area (Å²) >= 11 is 0. The topological polar surface area (TPSA) is 127 Å². The molecule has 0 radical (unpaired) electrons. The van der Waals surface area contributed by atoms with Crippen molar-refractivity contribution >= 4 is 31.6 Å². The third-order valence-electron chi connectivity index (χ3n) is 4.49. The fraction of sp³-hybridized carbons (Fsp3) is 0.278. The third-order valence-corrected chi connectivity index (χ3v) is 6.90. The molecule has 1 aliphatic rings. The molecule has 28 heavy (non-hydrogen) atoms. The van der Waals surface area contributed by atoms with Crippen molar-refractivity contribution in [3.05, 3.63) is 54.1 Å². The number of nitrogens with zero attached hydrogens (tertiary/aromatic N) is 1. The summed E-state index contributed by atoms with van der Waals surface area (Å²) in [7, 11) is -7.43.